The Morgan fingerprint density at radius 2 is 2.14 bits per heavy atom. The fourth-order valence-corrected chi connectivity index (χ4v) is 3.03. The summed E-state index contributed by atoms with van der Waals surface area (Å²) in [4.78, 5) is 34.2. The summed E-state index contributed by atoms with van der Waals surface area (Å²) in [5.41, 5.74) is 0.817. The molecule has 1 aromatic heterocycles. The zero-order chi connectivity index (χ0) is 15.6. The van der Waals surface area contributed by atoms with Crippen LogP contribution in [-0.2, 0) is 16.0 Å². The molecule has 0 N–H and O–H groups in total. The Morgan fingerprint density at radius 1 is 1.43 bits per heavy atom. The van der Waals surface area contributed by atoms with Gasteiger partial charge in [0.05, 0.1) is 17.1 Å². The van der Waals surface area contributed by atoms with Crippen LogP contribution in [0.4, 0.5) is 0 Å². The first kappa shape index (κ1) is 15.9. The number of rotatable bonds is 3. The van der Waals surface area contributed by atoms with Gasteiger partial charge in [-0.15, -0.1) is 11.3 Å². The largest absolute Gasteiger partial charge is 0.347 e. The van der Waals surface area contributed by atoms with Crippen LogP contribution in [0.15, 0.2) is 5.38 Å². The maximum atomic E-state index is 12.4. The molecule has 116 valence electrons. The summed E-state index contributed by atoms with van der Waals surface area (Å²) in [6.45, 7) is 3.76. The van der Waals surface area contributed by atoms with Crippen LogP contribution in [0.2, 0.25) is 0 Å². The van der Waals surface area contributed by atoms with Crippen molar-refractivity contribution >= 4 is 23.2 Å². The first-order valence-electron chi connectivity index (χ1n) is 6.98. The molecule has 0 aromatic carbocycles. The van der Waals surface area contributed by atoms with Gasteiger partial charge in [0.25, 0.3) is 0 Å². The molecule has 0 unspecified atom stereocenters. The first-order chi connectivity index (χ1) is 9.88. The van der Waals surface area contributed by atoms with Crippen LogP contribution in [0, 0.1) is 6.92 Å². The molecule has 7 heteroatoms. The standard InChI is InChI=1S/C14H22N4O2S/c1-10-15-11(9-21-10)7-13(19)18-6-5-17(4)12(8-18)14(20)16(2)3/h9,12H,5-8H2,1-4H3/t12-/m0/s1. The summed E-state index contributed by atoms with van der Waals surface area (Å²) < 4.78 is 0. The van der Waals surface area contributed by atoms with Gasteiger partial charge in [0.15, 0.2) is 0 Å². The third kappa shape index (κ3) is 3.79. The predicted molar refractivity (Wildman–Crippen MR) is 82.2 cm³/mol. The van der Waals surface area contributed by atoms with Gasteiger partial charge in [-0.2, -0.15) is 0 Å². The number of likely N-dealkylation sites (N-methyl/N-ethyl adjacent to an activating group) is 2. The van der Waals surface area contributed by atoms with E-state index in [1.165, 1.54) is 0 Å². The average Bonchev–Trinajstić information content (AvgIpc) is 2.83. The third-order valence-corrected chi connectivity index (χ3v) is 4.55. The van der Waals surface area contributed by atoms with Gasteiger partial charge in [-0.25, -0.2) is 4.98 Å². The molecule has 6 nitrogen and oxygen atoms in total. The normalized spacial score (nSPS) is 19.6. The Hall–Kier alpha value is -1.47. The molecule has 0 aliphatic carbocycles. The number of carbonyl (C=O) groups excluding carboxylic acids is 2. The monoisotopic (exact) mass is 310 g/mol. The van der Waals surface area contributed by atoms with Crippen LogP contribution in [0.3, 0.4) is 0 Å². The van der Waals surface area contributed by atoms with E-state index in [9.17, 15) is 9.59 Å². The van der Waals surface area contributed by atoms with E-state index in [-0.39, 0.29) is 17.9 Å². The van der Waals surface area contributed by atoms with Crippen molar-refractivity contribution in [2.45, 2.75) is 19.4 Å². The number of carbonyl (C=O) groups is 2. The van der Waals surface area contributed by atoms with E-state index in [0.717, 1.165) is 10.7 Å². The van der Waals surface area contributed by atoms with Crippen molar-refractivity contribution in [1.82, 2.24) is 19.7 Å². The minimum absolute atomic E-state index is 0.0412. The molecular weight excluding hydrogens is 288 g/mol. The molecule has 1 saturated heterocycles. The van der Waals surface area contributed by atoms with Gasteiger partial charge in [0, 0.05) is 39.1 Å². The summed E-state index contributed by atoms with van der Waals surface area (Å²) >= 11 is 1.55. The van der Waals surface area contributed by atoms with Gasteiger partial charge in [0.2, 0.25) is 11.8 Å². The van der Waals surface area contributed by atoms with E-state index in [1.807, 2.05) is 24.3 Å². The number of thiazole rings is 1. The molecule has 2 rings (SSSR count). The summed E-state index contributed by atoms with van der Waals surface area (Å²) in [5, 5.41) is 2.89. The van der Waals surface area contributed by atoms with E-state index in [4.69, 9.17) is 0 Å². The Morgan fingerprint density at radius 3 is 2.71 bits per heavy atom. The van der Waals surface area contributed by atoms with Crippen LogP contribution in [-0.4, -0.2) is 78.3 Å². The molecule has 1 aliphatic rings. The number of aromatic nitrogens is 1. The quantitative estimate of drug-likeness (QED) is 0.802. The molecular formula is C14H22N4O2S. The van der Waals surface area contributed by atoms with Crippen molar-refractivity contribution in [2.24, 2.45) is 0 Å². The van der Waals surface area contributed by atoms with E-state index < -0.39 is 0 Å². The lowest BCUT2D eigenvalue weighted by molar-refractivity contribution is -0.141. The minimum Gasteiger partial charge on any atom is -0.347 e. The average molecular weight is 310 g/mol. The lowest BCUT2D eigenvalue weighted by Crippen LogP contribution is -2.58. The molecule has 0 bridgehead atoms. The van der Waals surface area contributed by atoms with Crippen LogP contribution in [0.5, 0.6) is 0 Å². The molecule has 1 fully saturated rings. The van der Waals surface area contributed by atoms with Gasteiger partial charge >= 0.3 is 0 Å². The molecule has 1 aromatic rings. The molecule has 0 saturated carbocycles. The van der Waals surface area contributed by atoms with Gasteiger partial charge in [-0.05, 0) is 14.0 Å². The first-order valence-corrected chi connectivity index (χ1v) is 7.86. The van der Waals surface area contributed by atoms with Crippen molar-refractivity contribution in [3.05, 3.63) is 16.1 Å². The van der Waals surface area contributed by atoms with E-state index >= 15 is 0 Å². The topological polar surface area (TPSA) is 56.8 Å². The van der Waals surface area contributed by atoms with Crippen molar-refractivity contribution in [2.75, 3.05) is 40.8 Å². The van der Waals surface area contributed by atoms with Gasteiger partial charge < -0.3 is 9.80 Å². The number of aryl methyl sites for hydroxylation is 1. The van der Waals surface area contributed by atoms with Crippen molar-refractivity contribution < 1.29 is 9.59 Å². The fraction of sp³-hybridized carbons (Fsp3) is 0.643. The Bertz CT molecular complexity index is 529. The van der Waals surface area contributed by atoms with E-state index in [1.54, 1.807) is 35.2 Å². The second kappa shape index (κ2) is 6.53. The molecule has 0 radical (unpaired) electrons. The van der Waals surface area contributed by atoms with Crippen LogP contribution >= 0.6 is 11.3 Å². The maximum absolute atomic E-state index is 12.4. The smallest absolute Gasteiger partial charge is 0.241 e. The van der Waals surface area contributed by atoms with Crippen LogP contribution in [0.25, 0.3) is 0 Å². The second-order valence-electron chi connectivity index (χ2n) is 5.60. The number of hydrogen-bond donors (Lipinski definition) is 0. The number of piperazine rings is 1. The van der Waals surface area contributed by atoms with Crippen molar-refractivity contribution in [3.63, 3.8) is 0 Å². The number of nitrogens with zero attached hydrogens (tertiary/aromatic N) is 4. The summed E-state index contributed by atoms with van der Waals surface area (Å²) in [6, 6.07) is -0.255. The van der Waals surface area contributed by atoms with Crippen molar-refractivity contribution in [3.8, 4) is 0 Å². The summed E-state index contributed by atoms with van der Waals surface area (Å²) in [6.07, 6.45) is 0.316. The molecule has 1 aliphatic heterocycles. The zero-order valence-corrected chi connectivity index (χ0v) is 13.8. The van der Waals surface area contributed by atoms with E-state index in [2.05, 4.69) is 4.98 Å². The lowest BCUT2D eigenvalue weighted by atomic mass is 10.1. The molecule has 2 amide bonds. The van der Waals surface area contributed by atoms with Gasteiger partial charge in [-0.3, -0.25) is 14.5 Å². The molecule has 21 heavy (non-hydrogen) atoms. The fourth-order valence-electron chi connectivity index (χ4n) is 2.42. The number of hydrogen-bond acceptors (Lipinski definition) is 5. The van der Waals surface area contributed by atoms with Gasteiger partial charge in [-0.1, -0.05) is 0 Å². The summed E-state index contributed by atoms with van der Waals surface area (Å²) in [7, 11) is 5.42. The zero-order valence-electron chi connectivity index (χ0n) is 13.0. The highest BCUT2D eigenvalue weighted by atomic mass is 32.1. The van der Waals surface area contributed by atoms with Gasteiger partial charge in [0.1, 0.15) is 6.04 Å². The lowest BCUT2D eigenvalue weighted by Gasteiger charge is -2.39. The number of amides is 2. The molecule has 2 heterocycles. The maximum Gasteiger partial charge on any atom is 0.241 e. The second-order valence-corrected chi connectivity index (χ2v) is 6.67. The Labute approximate surface area is 129 Å². The highest BCUT2D eigenvalue weighted by Gasteiger charge is 2.33. The van der Waals surface area contributed by atoms with E-state index in [0.29, 0.717) is 26.1 Å². The molecule has 1 atom stereocenters. The third-order valence-electron chi connectivity index (χ3n) is 3.73. The Kier molecular flexibility index (Phi) is 4.95. The van der Waals surface area contributed by atoms with Crippen LogP contribution in [0.1, 0.15) is 10.7 Å². The minimum atomic E-state index is -0.255. The molecule has 0 spiro atoms. The Balaban J connectivity index is 2.00. The SMILES string of the molecule is Cc1nc(CC(=O)N2CCN(C)[C@H](C(=O)N(C)C)C2)cs1. The summed E-state index contributed by atoms with van der Waals surface area (Å²) in [5.74, 6) is 0.0875. The highest BCUT2D eigenvalue weighted by molar-refractivity contribution is 7.09. The predicted octanol–water partition coefficient (Wildman–Crippen LogP) is 0.225. The highest BCUT2D eigenvalue weighted by Crippen LogP contribution is 2.13. The van der Waals surface area contributed by atoms with Crippen LogP contribution < -0.4 is 0 Å². The van der Waals surface area contributed by atoms with Crippen molar-refractivity contribution in [1.29, 1.82) is 0 Å².